The lowest BCUT2D eigenvalue weighted by molar-refractivity contribution is 0.0322. The Hall–Kier alpha value is -2.38. The van der Waals surface area contributed by atoms with Crippen molar-refractivity contribution in [2.45, 2.75) is 6.42 Å². The maximum Gasteiger partial charge on any atom is 0.358 e. The third-order valence-electron chi connectivity index (χ3n) is 4.41. The number of benzene rings is 1. The van der Waals surface area contributed by atoms with Crippen LogP contribution in [-0.4, -0.2) is 67.2 Å². The third-order valence-corrected chi connectivity index (χ3v) is 4.41. The Morgan fingerprint density at radius 2 is 2.00 bits per heavy atom. The van der Waals surface area contributed by atoms with Gasteiger partial charge in [0.15, 0.2) is 5.69 Å². The molecular weight excluding hydrogens is 334 g/mol. The highest BCUT2D eigenvalue weighted by atomic mass is 16.5. The van der Waals surface area contributed by atoms with Crippen molar-refractivity contribution in [3.8, 4) is 5.75 Å². The summed E-state index contributed by atoms with van der Waals surface area (Å²) >= 11 is 0. The number of methoxy groups -OCH3 is 1. The molecule has 2 aromatic rings. The van der Waals surface area contributed by atoms with E-state index in [2.05, 4.69) is 10.00 Å². The maximum absolute atomic E-state index is 11.9. The molecule has 140 valence electrons. The van der Waals surface area contributed by atoms with Crippen molar-refractivity contribution in [2.24, 2.45) is 7.05 Å². The molecule has 0 saturated carbocycles. The fraction of sp³-hybridized carbons (Fsp3) is 0.474. The predicted molar refractivity (Wildman–Crippen MR) is 96.5 cm³/mol. The summed E-state index contributed by atoms with van der Waals surface area (Å²) in [6, 6.07) is 7.90. The molecule has 0 radical (unpaired) electrons. The van der Waals surface area contributed by atoms with Crippen LogP contribution in [0.4, 0.5) is 0 Å². The van der Waals surface area contributed by atoms with Gasteiger partial charge in [-0.1, -0.05) is 18.2 Å². The van der Waals surface area contributed by atoms with Gasteiger partial charge in [0, 0.05) is 44.9 Å². The SMILES string of the molecule is COC(=O)c1nn(C)cc1Cc1ccccc1OCCN1CCOCC1. The number of esters is 1. The summed E-state index contributed by atoms with van der Waals surface area (Å²) in [5.74, 6) is 0.409. The van der Waals surface area contributed by atoms with Gasteiger partial charge in [0.1, 0.15) is 12.4 Å². The minimum atomic E-state index is -0.425. The largest absolute Gasteiger partial charge is 0.492 e. The van der Waals surface area contributed by atoms with Gasteiger partial charge in [0.2, 0.25) is 0 Å². The fourth-order valence-electron chi connectivity index (χ4n) is 3.04. The number of hydrogen-bond acceptors (Lipinski definition) is 6. The molecule has 0 aliphatic carbocycles. The van der Waals surface area contributed by atoms with Crippen molar-refractivity contribution in [2.75, 3.05) is 46.6 Å². The molecule has 1 saturated heterocycles. The summed E-state index contributed by atoms with van der Waals surface area (Å²) in [5, 5.41) is 4.21. The minimum Gasteiger partial charge on any atom is -0.492 e. The van der Waals surface area contributed by atoms with Gasteiger partial charge in [-0.25, -0.2) is 4.79 Å². The van der Waals surface area contributed by atoms with E-state index < -0.39 is 5.97 Å². The molecule has 26 heavy (non-hydrogen) atoms. The predicted octanol–water partition coefficient (Wildman–Crippen LogP) is 1.51. The average molecular weight is 359 g/mol. The van der Waals surface area contributed by atoms with E-state index in [1.807, 2.05) is 30.5 Å². The molecule has 1 aliphatic heterocycles. The molecule has 0 atom stereocenters. The lowest BCUT2D eigenvalue weighted by atomic mass is 10.0. The van der Waals surface area contributed by atoms with Crippen LogP contribution < -0.4 is 4.74 Å². The van der Waals surface area contributed by atoms with Crippen molar-refractivity contribution in [3.05, 3.63) is 47.3 Å². The van der Waals surface area contributed by atoms with Gasteiger partial charge in [-0.3, -0.25) is 9.58 Å². The first-order valence-electron chi connectivity index (χ1n) is 8.79. The Labute approximate surface area is 153 Å². The molecule has 1 aromatic heterocycles. The van der Waals surface area contributed by atoms with Crippen LogP contribution in [0.1, 0.15) is 21.6 Å². The lowest BCUT2D eigenvalue weighted by Gasteiger charge is -2.26. The number of hydrogen-bond donors (Lipinski definition) is 0. The summed E-state index contributed by atoms with van der Waals surface area (Å²) in [5.41, 5.74) is 2.19. The smallest absolute Gasteiger partial charge is 0.358 e. The monoisotopic (exact) mass is 359 g/mol. The Kier molecular flexibility index (Phi) is 6.25. The highest BCUT2D eigenvalue weighted by Gasteiger charge is 2.18. The number of para-hydroxylation sites is 1. The molecule has 3 rings (SSSR count). The summed E-state index contributed by atoms with van der Waals surface area (Å²) in [6.45, 7) is 4.96. The first-order chi connectivity index (χ1) is 12.7. The van der Waals surface area contributed by atoms with E-state index in [0.29, 0.717) is 18.7 Å². The molecule has 0 amide bonds. The number of aryl methyl sites for hydroxylation is 1. The molecule has 7 nitrogen and oxygen atoms in total. The van der Waals surface area contributed by atoms with Crippen molar-refractivity contribution in [1.82, 2.24) is 14.7 Å². The molecule has 0 spiro atoms. The van der Waals surface area contributed by atoms with Crippen LogP contribution in [0.2, 0.25) is 0 Å². The Morgan fingerprint density at radius 1 is 1.23 bits per heavy atom. The van der Waals surface area contributed by atoms with Gasteiger partial charge < -0.3 is 14.2 Å². The maximum atomic E-state index is 11.9. The summed E-state index contributed by atoms with van der Waals surface area (Å²) in [6.07, 6.45) is 2.41. The highest BCUT2D eigenvalue weighted by molar-refractivity contribution is 5.88. The summed E-state index contributed by atoms with van der Waals surface area (Å²) < 4.78 is 17.8. The molecule has 1 aromatic carbocycles. The standard InChI is InChI=1S/C19H25N3O4/c1-21-14-16(18(20-21)19(23)24-2)13-15-5-3-4-6-17(15)26-12-9-22-7-10-25-11-8-22/h3-6,14H,7-13H2,1-2H3. The molecule has 0 unspecified atom stereocenters. The first-order valence-corrected chi connectivity index (χ1v) is 8.79. The zero-order valence-corrected chi connectivity index (χ0v) is 15.3. The van der Waals surface area contributed by atoms with Gasteiger partial charge in [-0.2, -0.15) is 5.10 Å². The van der Waals surface area contributed by atoms with Crippen molar-refractivity contribution in [1.29, 1.82) is 0 Å². The van der Waals surface area contributed by atoms with Gasteiger partial charge in [-0.05, 0) is 11.6 Å². The Balaban J connectivity index is 1.66. The number of carbonyl (C=O) groups excluding carboxylic acids is 1. The number of aromatic nitrogens is 2. The van der Waals surface area contributed by atoms with Crippen LogP contribution in [0, 0.1) is 0 Å². The van der Waals surface area contributed by atoms with Gasteiger partial charge in [0.05, 0.1) is 20.3 Å². The van der Waals surface area contributed by atoms with Crippen LogP contribution in [0.5, 0.6) is 5.75 Å². The molecule has 0 N–H and O–H groups in total. The Bertz CT molecular complexity index is 738. The van der Waals surface area contributed by atoms with Crippen LogP contribution >= 0.6 is 0 Å². The molecule has 0 bridgehead atoms. The fourth-order valence-corrected chi connectivity index (χ4v) is 3.04. The molecule has 1 aliphatic rings. The average Bonchev–Trinajstić information content (AvgIpc) is 3.03. The van der Waals surface area contributed by atoms with Crippen LogP contribution in [0.15, 0.2) is 30.5 Å². The van der Waals surface area contributed by atoms with Gasteiger partial charge >= 0.3 is 5.97 Å². The van der Waals surface area contributed by atoms with E-state index in [-0.39, 0.29) is 0 Å². The number of ether oxygens (including phenoxy) is 3. The first kappa shape index (κ1) is 18.4. The van der Waals surface area contributed by atoms with Crippen LogP contribution in [-0.2, 0) is 22.9 Å². The number of nitrogens with zero attached hydrogens (tertiary/aromatic N) is 3. The second-order valence-electron chi connectivity index (χ2n) is 6.26. The van der Waals surface area contributed by atoms with E-state index in [9.17, 15) is 4.79 Å². The summed E-state index contributed by atoms with van der Waals surface area (Å²) in [7, 11) is 3.16. The quantitative estimate of drug-likeness (QED) is 0.698. The molecule has 7 heteroatoms. The topological polar surface area (TPSA) is 65.8 Å². The molecule has 2 heterocycles. The second-order valence-corrected chi connectivity index (χ2v) is 6.26. The highest BCUT2D eigenvalue weighted by Crippen LogP contribution is 2.23. The van der Waals surface area contributed by atoms with Crippen molar-refractivity contribution < 1.29 is 19.0 Å². The summed E-state index contributed by atoms with van der Waals surface area (Å²) in [4.78, 5) is 14.3. The van der Waals surface area contributed by atoms with Gasteiger partial charge in [0.25, 0.3) is 0 Å². The van der Waals surface area contributed by atoms with E-state index in [1.165, 1.54) is 7.11 Å². The molecule has 1 fully saturated rings. The Morgan fingerprint density at radius 3 is 2.77 bits per heavy atom. The van der Waals surface area contributed by atoms with Crippen molar-refractivity contribution in [3.63, 3.8) is 0 Å². The minimum absolute atomic E-state index is 0.345. The van der Waals surface area contributed by atoms with Crippen LogP contribution in [0.3, 0.4) is 0 Å². The van der Waals surface area contributed by atoms with E-state index in [1.54, 1.807) is 11.7 Å². The second kappa shape index (κ2) is 8.82. The molecular formula is C19H25N3O4. The third kappa shape index (κ3) is 4.62. The van der Waals surface area contributed by atoms with Crippen molar-refractivity contribution >= 4 is 5.97 Å². The van der Waals surface area contributed by atoms with E-state index in [0.717, 1.165) is 49.7 Å². The number of carbonyl (C=O) groups is 1. The van der Waals surface area contributed by atoms with Crippen LogP contribution in [0.25, 0.3) is 0 Å². The number of rotatable bonds is 7. The normalized spacial score (nSPS) is 15.0. The van der Waals surface area contributed by atoms with E-state index >= 15 is 0 Å². The zero-order valence-electron chi connectivity index (χ0n) is 15.3. The van der Waals surface area contributed by atoms with Gasteiger partial charge in [-0.15, -0.1) is 0 Å². The zero-order chi connectivity index (χ0) is 18.4. The number of morpholine rings is 1. The lowest BCUT2D eigenvalue weighted by Crippen LogP contribution is -2.38. The van der Waals surface area contributed by atoms with E-state index in [4.69, 9.17) is 14.2 Å².